The molecule has 0 aromatic carbocycles. The van der Waals surface area contributed by atoms with Crippen LogP contribution in [-0.2, 0) is 4.79 Å². The zero-order chi connectivity index (χ0) is 10.3. The second-order valence-electron chi connectivity index (χ2n) is 4.21. The lowest BCUT2D eigenvalue weighted by molar-refractivity contribution is -0.120. The van der Waals surface area contributed by atoms with E-state index < -0.39 is 0 Å². The average molecular weight is 185 g/mol. The number of carbonyl (C=O) groups is 1. The molecular weight excluding hydrogens is 162 g/mol. The molecule has 0 aromatic heterocycles. The number of hydrogen-bond acceptors (Lipinski definition) is 2. The average Bonchev–Trinajstić information content (AvgIpc) is 2.01. The Hall–Kier alpha value is -0.370. The first-order chi connectivity index (χ1) is 6.06. The lowest BCUT2D eigenvalue weighted by Crippen LogP contribution is -2.27. The van der Waals surface area contributed by atoms with Crippen molar-refractivity contribution < 1.29 is 4.79 Å². The summed E-state index contributed by atoms with van der Waals surface area (Å²) in [5.74, 6) is 1.09. The Kier molecular flexibility index (Phi) is 6.87. The van der Waals surface area contributed by atoms with E-state index in [0.717, 1.165) is 25.3 Å². The van der Waals surface area contributed by atoms with Crippen molar-refractivity contribution in [3.8, 4) is 0 Å². The van der Waals surface area contributed by atoms with Crippen LogP contribution in [0.25, 0.3) is 0 Å². The zero-order valence-electron chi connectivity index (χ0n) is 9.47. The Morgan fingerprint density at radius 2 is 2.00 bits per heavy atom. The van der Waals surface area contributed by atoms with Crippen molar-refractivity contribution >= 4 is 5.78 Å². The van der Waals surface area contributed by atoms with Crippen LogP contribution in [-0.4, -0.2) is 30.8 Å². The topological polar surface area (TPSA) is 20.3 Å². The largest absolute Gasteiger partial charge is 0.299 e. The second kappa shape index (κ2) is 7.07. The molecule has 0 spiro atoms. The number of likely N-dealkylation sites (N-methyl/N-ethyl adjacent to an activating group) is 1. The summed E-state index contributed by atoms with van der Waals surface area (Å²) in [4.78, 5) is 13.4. The third-order valence-corrected chi connectivity index (χ3v) is 2.06. The Balaban J connectivity index is 3.49. The summed E-state index contributed by atoms with van der Waals surface area (Å²) >= 11 is 0. The summed E-state index contributed by atoms with van der Waals surface area (Å²) in [6.45, 7) is 8.13. The maximum atomic E-state index is 11.3. The second-order valence-corrected chi connectivity index (χ2v) is 4.21. The van der Waals surface area contributed by atoms with Gasteiger partial charge in [-0.3, -0.25) is 9.69 Å². The lowest BCUT2D eigenvalue weighted by atomic mass is 10.1. The Bertz CT molecular complexity index is 143. The zero-order valence-corrected chi connectivity index (χ0v) is 9.47. The monoisotopic (exact) mass is 185 g/mol. The van der Waals surface area contributed by atoms with E-state index in [1.165, 1.54) is 6.42 Å². The van der Waals surface area contributed by atoms with Crippen LogP contribution >= 0.6 is 0 Å². The van der Waals surface area contributed by atoms with Gasteiger partial charge in [-0.15, -0.1) is 0 Å². The van der Waals surface area contributed by atoms with E-state index in [9.17, 15) is 4.79 Å². The summed E-state index contributed by atoms with van der Waals surface area (Å²) in [5.41, 5.74) is 0. The molecule has 0 aromatic rings. The van der Waals surface area contributed by atoms with Crippen molar-refractivity contribution in [1.29, 1.82) is 0 Å². The molecule has 0 saturated heterocycles. The quantitative estimate of drug-likeness (QED) is 0.606. The predicted molar refractivity (Wildman–Crippen MR) is 56.9 cm³/mol. The van der Waals surface area contributed by atoms with Gasteiger partial charge in [0.2, 0.25) is 0 Å². The molecule has 78 valence electrons. The first kappa shape index (κ1) is 12.6. The molecule has 0 unspecified atom stereocenters. The Morgan fingerprint density at radius 3 is 2.46 bits per heavy atom. The fourth-order valence-electron chi connectivity index (χ4n) is 1.22. The minimum Gasteiger partial charge on any atom is -0.299 e. The molecule has 2 nitrogen and oxygen atoms in total. The highest BCUT2D eigenvalue weighted by atomic mass is 16.1. The van der Waals surface area contributed by atoms with Gasteiger partial charge in [0.25, 0.3) is 0 Å². The Morgan fingerprint density at radius 1 is 1.38 bits per heavy atom. The van der Waals surface area contributed by atoms with Gasteiger partial charge in [0.15, 0.2) is 0 Å². The smallest absolute Gasteiger partial charge is 0.146 e. The van der Waals surface area contributed by atoms with Gasteiger partial charge in [0.1, 0.15) is 5.78 Å². The van der Waals surface area contributed by atoms with E-state index in [0.29, 0.717) is 12.3 Å². The SMILES string of the molecule is CCCC(=O)CN(C)CCC(C)C. The molecule has 0 aliphatic heterocycles. The summed E-state index contributed by atoms with van der Waals surface area (Å²) in [7, 11) is 2.02. The standard InChI is InChI=1S/C11H23NO/c1-5-6-11(13)9-12(4)8-7-10(2)3/h10H,5-9H2,1-4H3. The molecule has 0 N–H and O–H groups in total. The third kappa shape index (κ3) is 7.97. The normalized spacial score (nSPS) is 11.2. The van der Waals surface area contributed by atoms with E-state index in [-0.39, 0.29) is 0 Å². The van der Waals surface area contributed by atoms with Gasteiger partial charge in [-0.2, -0.15) is 0 Å². The van der Waals surface area contributed by atoms with Crippen molar-refractivity contribution in [1.82, 2.24) is 4.90 Å². The molecule has 0 radical (unpaired) electrons. The number of hydrogen-bond donors (Lipinski definition) is 0. The van der Waals surface area contributed by atoms with Gasteiger partial charge in [-0.05, 0) is 32.4 Å². The van der Waals surface area contributed by atoms with Crippen molar-refractivity contribution in [2.24, 2.45) is 5.92 Å². The van der Waals surface area contributed by atoms with Crippen molar-refractivity contribution in [2.75, 3.05) is 20.1 Å². The van der Waals surface area contributed by atoms with Crippen LogP contribution in [0.15, 0.2) is 0 Å². The molecule has 0 atom stereocenters. The molecule has 0 aliphatic rings. The summed E-state index contributed by atoms with van der Waals surface area (Å²) in [6.07, 6.45) is 2.87. The highest BCUT2D eigenvalue weighted by Crippen LogP contribution is 2.01. The van der Waals surface area contributed by atoms with E-state index in [1.807, 2.05) is 14.0 Å². The first-order valence-corrected chi connectivity index (χ1v) is 5.26. The Labute approximate surface area is 82.3 Å². The fourth-order valence-corrected chi connectivity index (χ4v) is 1.22. The maximum absolute atomic E-state index is 11.3. The van der Waals surface area contributed by atoms with Gasteiger partial charge in [0.05, 0.1) is 6.54 Å². The molecule has 0 amide bonds. The molecule has 13 heavy (non-hydrogen) atoms. The first-order valence-electron chi connectivity index (χ1n) is 5.26. The van der Waals surface area contributed by atoms with Gasteiger partial charge in [-0.1, -0.05) is 20.8 Å². The van der Waals surface area contributed by atoms with Crippen molar-refractivity contribution in [3.05, 3.63) is 0 Å². The van der Waals surface area contributed by atoms with Gasteiger partial charge >= 0.3 is 0 Å². The molecule has 0 heterocycles. The molecule has 2 heteroatoms. The number of nitrogens with zero attached hydrogens (tertiary/aromatic N) is 1. The predicted octanol–water partition coefficient (Wildman–Crippen LogP) is 2.33. The fraction of sp³-hybridized carbons (Fsp3) is 0.909. The van der Waals surface area contributed by atoms with Gasteiger partial charge in [0, 0.05) is 6.42 Å². The summed E-state index contributed by atoms with van der Waals surface area (Å²) in [5, 5.41) is 0. The molecule has 0 bridgehead atoms. The van der Waals surface area contributed by atoms with Crippen LogP contribution in [0, 0.1) is 5.92 Å². The van der Waals surface area contributed by atoms with Gasteiger partial charge in [-0.25, -0.2) is 0 Å². The third-order valence-electron chi connectivity index (χ3n) is 2.06. The van der Waals surface area contributed by atoms with E-state index in [4.69, 9.17) is 0 Å². The minimum atomic E-state index is 0.369. The number of Topliss-reactive ketones (excluding diaryl/α,β-unsaturated/α-hetero) is 1. The molecule has 0 saturated carbocycles. The van der Waals surface area contributed by atoms with Crippen LogP contribution in [0.1, 0.15) is 40.0 Å². The van der Waals surface area contributed by atoms with E-state index in [1.54, 1.807) is 0 Å². The van der Waals surface area contributed by atoms with Crippen LogP contribution in [0.2, 0.25) is 0 Å². The summed E-state index contributed by atoms with van der Waals surface area (Å²) in [6, 6.07) is 0. The van der Waals surface area contributed by atoms with Crippen LogP contribution in [0.3, 0.4) is 0 Å². The molecule has 0 aliphatic carbocycles. The summed E-state index contributed by atoms with van der Waals surface area (Å²) < 4.78 is 0. The van der Waals surface area contributed by atoms with Crippen LogP contribution in [0.5, 0.6) is 0 Å². The maximum Gasteiger partial charge on any atom is 0.146 e. The molecule has 0 fully saturated rings. The van der Waals surface area contributed by atoms with E-state index in [2.05, 4.69) is 18.7 Å². The number of carbonyl (C=O) groups excluding carboxylic acids is 1. The molecule has 0 rings (SSSR count). The number of rotatable bonds is 7. The number of ketones is 1. The van der Waals surface area contributed by atoms with Crippen LogP contribution < -0.4 is 0 Å². The van der Waals surface area contributed by atoms with Crippen molar-refractivity contribution in [2.45, 2.75) is 40.0 Å². The highest BCUT2D eigenvalue weighted by Gasteiger charge is 2.05. The highest BCUT2D eigenvalue weighted by molar-refractivity contribution is 5.80. The van der Waals surface area contributed by atoms with E-state index >= 15 is 0 Å². The minimum absolute atomic E-state index is 0.369. The van der Waals surface area contributed by atoms with Crippen LogP contribution in [0.4, 0.5) is 0 Å². The lowest BCUT2D eigenvalue weighted by Gasteiger charge is -2.16. The van der Waals surface area contributed by atoms with Gasteiger partial charge < -0.3 is 0 Å². The van der Waals surface area contributed by atoms with Crippen molar-refractivity contribution in [3.63, 3.8) is 0 Å². The molecular formula is C11H23NO.